The predicted octanol–water partition coefficient (Wildman–Crippen LogP) is 3.65. The Kier molecular flexibility index (Phi) is 8.31. The van der Waals surface area contributed by atoms with Crippen LogP contribution < -0.4 is 20.7 Å². The number of aromatic nitrogens is 4. The fourth-order valence-electron chi connectivity index (χ4n) is 7.65. The number of rotatable bonds is 8. The molecule has 2 atom stereocenters. The van der Waals surface area contributed by atoms with E-state index in [0.717, 1.165) is 67.3 Å². The van der Waals surface area contributed by atoms with Gasteiger partial charge in [0.2, 0.25) is 11.8 Å². The molecular formula is C34H44N10O3S. The minimum Gasteiger partial charge on any atom is -0.473 e. The Labute approximate surface area is 284 Å². The standard InChI is InChI=1S/C34H44N10O3S/c1-5-43-14-9-24(16-33(43,3)4)47-31-28(48-21(2)39-31)30(45)40-23-7-6-12-41(18-23)26-15-25(44-27(26)29(36)37-20-38-44)22-8-13-42(17-22)32(46)34(19-35)10-11-34/h8,15,20,23-24H,5-7,9-14,16-18H2,1-4H3,(H,40,45)(H2,36,37,38)/t23-,24?/m1/s1. The number of ether oxygens (including phenoxy) is 1. The molecule has 48 heavy (non-hydrogen) atoms. The number of carbonyl (C=O) groups is 2. The number of hydrogen-bond donors (Lipinski definition) is 2. The van der Waals surface area contributed by atoms with Gasteiger partial charge in [-0.3, -0.25) is 14.5 Å². The first-order chi connectivity index (χ1) is 23.0. The van der Waals surface area contributed by atoms with Gasteiger partial charge >= 0.3 is 0 Å². The number of hydrogen-bond acceptors (Lipinski definition) is 11. The second kappa shape index (κ2) is 12.3. The van der Waals surface area contributed by atoms with E-state index in [1.807, 2.05) is 13.0 Å². The minimum atomic E-state index is -0.857. The van der Waals surface area contributed by atoms with Crippen LogP contribution in [0, 0.1) is 23.7 Å². The molecule has 1 aliphatic carbocycles. The maximum Gasteiger partial charge on any atom is 0.267 e. The van der Waals surface area contributed by atoms with E-state index in [0.29, 0.717) is 54.6 Å². The number of nitrogens with zero attached hydrogens (tertiary/aromatic N) is 8. The van der Waals surface area contributed by atoms with Crippen LogP contribution >= 0.6 is 11.3 Å². The monoisotopic (exact) mass is 672 g/mol. The lowest BCUT2D eigenvalue weighted by molar-refractivity contribution is -0.133. The van der Waals surface area contributed by atoms with Crippen LogP contribution in [-0.4, -0.2) is 98.1 Å². The summed E-state index contributed by atoms with van der Waals surface area (Å²) in [5.41, 5.74) is 9.00. The van der Waals surface area contributed by atoms with E-state index in [1.165, 1.54) is 17.7 Å². The van der Waals surface area contributed by atoms with Gasteiger partial charge in [0.15, 0.2) is 10.7 Å². The highest BCUT2D eigenvalue weighted by molar-refractivity contribution is 7.13. The Morgan fingerprint density at radius 3 is 2.79 bits per heavy atom. The normalized spacial score (nSPS) is 23.5. The van der Waals surface area contributed by atoms with Crippen LogP contribution in [0.25, 0.3) is 11.1 Å². The number of amides is 2. The van der Waals surface area contributed by atoms with Crippen LogP contribution in [0.4, 0.5) is 11.5 Å². The predicted molar refractivity (Wildman–Crippen MR) is 184 cm³/mol. The number of piperidine rings is 2. The molecule has 0 aromatic carbocycles. The molecule has 3 fully saturated rings. The van der Waals surface area contributed by atoms with Gasteiger partial charge in [-0.25, -0.2) is 14.5 Å². The number of carbonyl (C=O) groups excluding carboxylic acids is 2. The lowest BCUT2D eigenvalue weighted by Gasteiger charge is -2.44. The fraction of sp³-hybridized carbons (Fsp3) is 0.588. The third-order valence-electron chi connectivity index (χ3n) is 10.4. The highest BCUT2D eigenvalue weighted by Crippen LogP contribution is 2.47. The number of nitrogens with one attached hydrogen (secondary N) is 1. The van der Waals surface area contributed by atoms with E-state index < -0.39 is 5.41 Å². The number of nitriles is 1. The van der Waals surface area contributed by atoms with E-state index in [4.69, 9.17) is 10.5 Å². The maximum atomic E-state index is 13.7. The largest absolute Gasteiger partial charge is 0.473 e. The van der Waals surface area contributed by atoms with Crippen LogP contribution in [0.1, 0.15) is 79.7 Å². The third kappa shape index (κ3) is 5.87. The maximum absolute atomic E-state index is 13.7. The molecule has 0 bridgehead atoms. The molecule has 3 aromatic rings. The lowest BCUT2D eigenvalue weighted by Crippen LogP contribution is -2.52. The zero-order chi connectivity index (χ0) is 33.8. The van der Waals surface area contributed by atoms with E-state index in [9.17, 15) is 14.9 Å². The Hall–Kier alpha value is -4.22. The first-order valence-electron chi connectivity index (χ1n) is 17.0. The van der Waals surface area contributed by atoms with Crippen molar-refractivity contribution >= 4 is 45.7 Å². The molecule has 3 aliphatic heterocycles. The number of nitrogens with two attached hydrogens (primary N) is 1. The van der Waals surface area contributed by atoms with Crippen molar-refractivity contribution in [2.75, 3.05) is 49.9 Å². The van der Waals surface area contributed by atoms with E-state index in [2.05, 4.69) is 63.1 Å². The highest BCUT2D eigenvalue weighted by atomic mass is 32.1. The number of aryl methyl sites for hydroxylation is 1. The quantitative estimate of drug-likeness (QED) is 0.362. The topological polar surface area (TPSA) is 158 Å². The zero-order valence-corrected chi connectivity index (χ0v) is 29.0. The first kappa shape index (κ1) is 32.3. The summed E-state index contributed by atoms with van der Waals surface area (Å²) in [6.07, 6.45) is 8.21. The van der Waals surface area contributed by atoms with Crippen molar-refractivity contribution < 1.29 is 14.3 Å². The van der Waals surface area contributed by atoms with E-state index in [1.54, 1.807) is 9.42 Å². The van der Waals surface area contributed by atoms with Crippen molar-refractivity contribution in [1.29, 1.82) is 5.26 Å². The molecule has 2 saturated heterocycles. The fourth-order valence-corrected chi connectivity index (χ4v) is 8.40. The lowest BCUT2D eigenvalue weighted by atomic mass is 9.88. The summed E-state index contributed by atoms with van der Waals surface area (Å²) < 4.78 is 8.22. The summed E-state index contributed by atoms with van der Waals surface area (Å²) in [5, 5.41) is 18.2. The van der Waals surface area contributed by atoms with Gasteiger partial charge in [-0.15, -0.1) is 11.3 Å². The van der Waals surface area contributed by atoms with Gasteiger partial charge in [-0.1, -0.05) is 13.0 Å². The SMILES string of the molecule is CCN1CCC(Oc2nc(C)sc2C(=O)N[C@@H]2CCCN(c3cc(C4=CCN(C(=O)C5(C#N)CC5)C4)n4ncnc(N)c34)C2)CC1(C)C. The van der Waals surface area contributed by atoms with Gasteiger partial charge in [0.25, 0.3) is 5.91 Å². The van der Waals surface area contributed by atoms with Gasteiger partial charge in [-0.2, -0.15) is 10.4 Å². The summed E-state index contributed by atoms with van der Waals surface area (Å²) >= 11 is 1.37. The van der Waals surface area contributed by atoms with Crippen LogP contribution in [0.15, 0.2) is 18.5 Å². The van der Waals surface area contributed by atoms with Crippen molar-refractivity contribution in [3.05, 3.63) is 34.0 Å². The van der Waals surface area contributed by atoms with Crippen molar-refractivity contribution in [2.45, 2.75) is 83.9 Å². The Morgan fingerprint density at radius 1 is 1.25 bits per heavy atom. The number of likely N-dealkylation sites (tertiary alicyclic amines) is 1. The Bertz CT molecular complexity index is 1820. The number of fused-ring (bicyclic) bond motifs is 1. The van der Waals surface area contributed by atoms with Gasteiger partial charge in [0, 0.05) is 50.7 Å². The molecule has 1 unspecified atom stereocenters. The average molecular weight is 673 g/mol. The second-order valence-electron chi connectivity index (χ2n) is 14.2. The minimum absolute atomic E-state index is 0.00682. The van der Waals surface area contributed by atoms with Crippen molar-refractivity contribution in [2.24, 2.45) is 5.41 Å². The number of anilines is 2. The average Bonchev–Trinajstić information content (AvgIpc) is 3.34. The molecule has 4 aliphatic rings. The van der Waals surface area contributed by atoms with E-state index >= 15 is 0 Å². The molecule has 254 valence electrons. The molecule has 0 spiro atoms. The molecule has 6 heterocycles. The summed E-state index contributed by atoms with van der Waals surface area (Å²) in [7, 11) is 0. The molecule has 13 nitrogen and oxygen atoms in total. The summed E-state index contributed by atoms with van der Waals surface area (Å²) in [5.74, 6) is 0.530. The van der Waals surface area contributed by atoms with E-state index in [-0.39, 0.29) is 29.5 Å². The molecule has 3 aromatic heterocycles. The summed E-state index contributed by atoms with van der Waals surface area (Å²) in [4.78, 5) is 42.7. The third-order valence-corrected chi connectivity index (χ3v) is 11.4. The molecular weight excluding hydrogens is 629 g/mol. The molecule has 0 radical (unpaired) electrons. The molecule has 7 rings (SSSR count). The summed E-state index contributed by atoms with van der Waals surface area (Å²) in [6, 6.07) is 4.18. The Balaban J connectivity index is 1.06. The molecule has 3 N–H and O–H groups in total. The second-order valence-corrected chi connectivity index (χ2v) is 15.4. The first-order valence-corrected chi connectivity index (χ1v) is 17.8. The van der Waals surface area contributed by atoms with Crippen molar-refractivity contribution in [3.63, 3.8) is 0 Å². The number of thiazole rings is 1. The van der Waals surface area contributed by atoms with Crippen LogP contribution in [0.2, 0.25) is 0 Å². The highest BCUT2D eigenvalue weighted by Gasteiger charge is 2.53. The van der Waals surface area contributed by atoms with Crippen LogP contribution in [0.5, 0.6) is 5.88 Å². The Morgan fingerprint density at radius 2 is 2.06 bits per heavy atom. The van der Waals surface area contributed by atoms with Gasteiger partial charge in [-0.05, 0) is 71.1 Å². The summed E-state index contributed by atoms with van der Waals surface area (Å²) in [6.45, 7) is 12.8. The molecule has 2 amide bonds. The smallest absolute Gasteiger partial charge is 0.267 e. The van der Waals surface area contributed by atoms with Crippen LogP contribution in [0.3, 0.4) is 0 Å². The van der Waals surface area contributed by atoms with Gasteiger partial charge in [0.05, 0.1) is 22.5 Å². The van der Waals surface area contributed by atoms with Crippen molar-refractivity contribution in [3.8, 4) is 11.9 Å². The zero-order valence-electron chi connectivity index (χ0n) is 28.2. The molecule has 1 saturated carbocycles. The van der Waals surface area contributed by atoms with Crippen molar-refractivity contribution in [1.82, 2.24) is 34.7 Å². The van der Waals surface area contributed by atoms with Gasteiger partial charge in [0.1, 0.15) is 23.4 Å². The number of nitrogen functional groups attached to an aromatic ring is 1. The van der Waals surface area contributed by atoms with Gasteiger partial charge < -0.3 is 25.6 Å². The van der Waals surface area contributed by atoms with Crippen LogP contribution in [-0.2, 0) is 4.79 Å². The molecule has 14 heteroatoms.